The Kier molecular flexibility index (Phi) is 6.63. The Morgan fingerprint density at radius 3 is 2.26 bits per heavy atom. The van der Waals surface area contributed by atoms with Crippen LogP contribution in [0.2, 0.25) is 0 Å². The smallest absolute Gasteiger partial charge is 0.124 e. The lowest BCUT2D eigenvalue weighted by molar-refractivity contribution is 0.144. The van der Waals surface area contributed by atoms with Crippen molar-refractivity contribution < 1.29 is 4.74 Å². The summed E-state index contributed by atoms with van der Waals surface area (Å²) in [6, 6.07) is 19.3. The Morgan fingerprint density at radius 2 is 1.65 bits per heavy atom. The maximum absolute atomic E-state index is 6.16. The Hall–Kier alpha value is -1.84. The van der Waals surface area contributed by atoms with Gasteiger partial charge >= 0.3 is 0 Å². The molecule has 23 heavy (non-hydrogen) atoms. The molecule has 2 aromatic rings. The maximum atomic E-state index is 6.16. The zero-order valence-electron chi connectivity index (χ0n) is 14.4. The van der Waals surface area contributed by atoms with Crippen LogP contribution in [0.5, 0.6) is 5.75 Å². The number of nitrogens with two attached hydrogens (primary N) is 1. The Bertz CT molecular complexity index is 583. The first-order valence-corrected chi connectivity index (χ1v) is 8.38. The molecule has 0 aliphatic heterocycles. The van der Waals surface area contributed by atoms with Gasteiger partial charge < -0.3 is 10.5 Å². The minimum atomic E-state index is 0.137. The molecule has 2 rings (SSSR count). The summed E-state index contributed by atoms with van der Waals surface area (Å²) >= 11 is 0. The molecule has 0 spiro atoms. The fraction of sp³-hybridized carbons (Fsp3) is 0.400. The molecule has 2 N–H and O–H groups in total. The summed E-state index contributed by atoms with van der Waals surface area (Å²) in [5, 5.41) is 0. The Morgan fingerprint density at radius 1 is 1.00 bits per heavy atom. The van der Waals surface area contributed by atoms with Crippen LogP contribution < -0.4 is 10.5 Å². The van der Waals surface area contributed by atoms with Crippen LogP contribution in [0, 0.1) is 0 Å². The van der Waals surface area contributed by atoms with Crippen molar-refractivity contribution in [1.82, 2.24) is 4.90 Å². The van der Waals surface area contributed by atoms with Crippen molar-refractivity contribution in [1.29, 1.82) is 0 Å². The van der Waals surface area contributed by atoms with Gasteiger partial charge in [0.05, 0.1) is 12.6 Å². The summed E-state index contributed by atoms with van der Waals surface area (Å²) in [5.41, 5.74) is 8.63. The van der Waals surface area contributed by atoms with Crippen molar-refractivity contribution in [2.75, 3.05) is 13.2 Å². The minimum Gasteiger partial charge on any atom is -0.494 e. The van der Waals surface area contributed by atoms with Gasteiger partial charge in [-0.15, -0.1) is 0 Å². The molecular weight excluding hydrogens is 284 g/mol. The van der Waals surface area contributed by atoms with Gasteiger partial charge in [0, 0.05) is 24.7 Å². The molecule has 0 radical (unpaired) electrons. The average Bonchev–Trinajstić information content (AvgIpc) is 2.57. The summed E-state index contributed by atoms with van der Waals surface area (Å²) in [6.45, 7) is 8.55. The molecule has 2 aromatic carbocycles. The zero-order chi connectivity index (χ0) is 16.7. The van der Waals surface area contributed by atoms with Crippen LogP contribution in [0.4, 0.5) is 0 Å². The molecule has 0 fully saturated rings. The molecule has 0 saturated carbocycles. The fourth-order valence-electron chi connectivity index (χ4n) is 2.93. The first kappa shape index (κ1) is 17.5. The van der Waals surface area contributed by atoms with Gasteiger partial charge in [0.25, 0.3) is 0 Å². The lowest BCUT2D eigenvalue weighted by Crippen LogP contribution is -2.38. The van der Waals surface area contributed by atoms with E-state index in [9.17, 15) is 0 Å². The second kappa shape index (κ2) is 8.70. The van der Waals surface area contributed by atoms with E-state index in [-0.39, 0.29) is 6.04 Å². The van der Waals surface area contributed by atoms with E-state index in [0.29, 0.717) is 19.2 Å². The van der Waals surface area contributed by atoms with Gasteiger partial charge in [-0.25, -0.2) is 0 Å². The van der Waals surface area contributed by atoms with Crippen molar-refractivity contribution in [2.45, 2.75) is 39.4 Å². The standard InChI is InChI=1S/C20H28N2O/c1-4-23-20-13-9-8-12-18(20)19(14-21)22(16(2)3)15-17-10-6-5-7-11-17/h5-13,16,19H,4,14-15,21H2,1-3H3. The molecule has 0 aromatic heterocycles. The molecule has 1 unspecified atom stereocenters. The number of ether oxygens (including phenoxy) is 1. The quantitative estimate of drug-likeness (QED) is 0.801. The number of hydrogen-bond acceptors (Lipinski definition) is 3. The monoisotopic (exact) mass is 312 g/mol. The largest absolute Gasteiger partial charge is 0.494 e. The molecule has 0 bridgehead atoms. The summed E-state index contributed by atoms with van der Waals surface area (Å²) < 4.78 is 5.82. The molecule has 3 nitrogen and oxygen atoms in total. The minimum absolute atomic E-state index is 0.137. The average molecular weight is 312 g/mol. The van der Waals surface area contributed by atoms with Crippen LogP contribution in [0.3, 0.4) is 0 Å². The van der Waals surface area contributed by atoms with Gasteiger partial charge in [-0.05, 0) is 32.4 Å². The molecule has 1 atom stereocenters. The summed E-state index contributed by atoms with van der Waals surface area (Å²) in [6.07, 6.45) is 0. The van der Waals surface area contributed by atoms with Gasteiger partial charge in [0.2, 0.25) is 0 Å². The molecule has 124 valence electrons. The molecule has 0 aliphatic carbocycles. The van der Waals surface area contributed by atoms with E-state index < -0.39 is 0 Å². The zero-order valence-corrected chi connectivity index (χ0v) is 14.4. The van der Waals surface area contributed by atoms with Gasteiger partial charge in [0.15, 0.2) is 0 Å². The molecular formula is C20H28N2O. The Labute approximate surface area is 140 Å². The van der Waals surface area contributed by atoms with Crippen LogP contribution in [-0.2, 0) is 6.54 Å². The van der Waals surface area contributed by atoms with E-state index in [2.05, 4.69) is 55.1 Å². The van der Waals surface area contributed by atoms with E-state index in [1.807, 2.05) is 25.1 Å². The van der Waals surface area contributed by atoms with Crippen molar-refractivity contribution in [3.05, 3.63) is 65.7 Å². The maximum Gasteiger partial charge on any atom is 0.124 e. The fourth-order valence-corrected chi connectivity index (χ4v) is 2.93. The number of para-hydroxylation sites is 1. The number of hydrogen-bond donors (Lipinski definition) is 1. The van der Waals surface area contributed by atoms with Crippen molar-refractivity contribution in [3.63, 3.8) is 0 Å². The van der Waals surface area contributed by atoms with E-state index in [1.165, 1.54) is 11.1 Å². The highest BCUT2D eigenvalue weighted by atomic mass is 16.5. The van der Waals surface area contributed by atoms with Crippen LogP contribution >= 0.6 is 0 Å². The third-order valence-electron chi connectivity index (χ3n) is 4.07. The first-order valence-electron chi connectivity index (χ1n) is 8.38. The van der Waals surface area contributed by atoms with Crippen LogP contribution in [0.1, 0.15) is 37.9 Å². The van der Waals surface area contributed by atoms with Crippen LogP contribution in [0.15, 0.2) is 54.6 Å². The molecule has 0 amide bonds. The number of rotatable bonds is 8. The van der Waals surface area contributed by atoms with E-state index >= 15 is 0 Å². The van der Waals surface area contributed by atoms with Gasteiger partial charge in [-0.2, -0.15) is 0 Å². The van der Waals surface area contributed by atoms with Crippen LogP contribution in [0.25, 0.3) is 0 Å². The van der Waals surface area contributed by atoms with Crippen molar-refractivity contribution in [3.8, 4) is 5.75 Å². The Balaban J connectivity index is 2.32. The van der Waals surface area contributed by atoms with E-state index in [1.54, 1.807) is 0 Å². The highest BCUT2D eigenvalue weighted by molar-refractivity contribution is 5.36. The van der Waals surface area contributed by atoms with Gasteiger partial charge in [-0.3, -0.25) is 4.90 Å². The second-order valence-electron chi connectivity index (χ2n) is 5.97. The normalized spacial score (nSPS) is 12.6. The lowest BCUT2D eigenvalue weighted by atomic mass is 10.0. The topological polar surface area (TPSA) is 38.5 Å². The second-order valence-corrected chi connectivity index (χ2v) is 5.97. The van der Waals surface area contributed by atoms with Gasteiger partial charge in [0.1, 0.15) is 5.75 Å². The van der Waals surface area contributed by atoms with E-state index in [0.717, 1.165) is 12.3 Å². The van der Waals surface area contributed by atoms with Gasteiger partial charge in [-0.1, -0.05) is 48.5 Å². The third-order valence-corrected chi connectivity index (χ3v) is 4.07. The highest BCUT2D eigenvalue weighted by Crippen LogP contribution is 2.31. The molecule has 0 heterocycles. The predicted molar refractivity (Wildman–Crippen MR) is 96.5 cm³/mol. The lowest BCUT2D eigenvalue weighted by Gasteiger charge is -2.35. The third kappa shape index (κ3) is 4.57. The first-order chi connectivity index (χ1) is 11.2. The van der Waals surface area contributed by atoms with E-state index in [4.69, 9.17) is 10.5 Å². The molecule has 0 saturated heterocycles. The summed E-state index contributed by atoms with van der Waals surface area (Å²) in [4.78, 5) is 2.44. The summed E-state index contributed by atoms with van der Waals surface area (Å²) in [7, 11) is 0. The number of nitrogens with zero attached hydrogens (tertiary/aromatic N) is 1. The SMILES string of the molecule is CCOc1ccccc1C(CN)N(Cc1ccccc1)C(C)C. The molecule has 0 aliphatic rings. The van der Waals surface area contributed by atoms with Crippen LogP contribution in [-0.4, -0.2) is 24.1 Å². The number of benzene rings is 2. The highest BCUT2D eigenvalue weighted by Gasteiger charge is 2.24. The van der Waals surface area contributed by atoms with Crippen molar-refractivity contribution >= 4 is 0 Å². The molecule has 3 heteroatoms. The summed E-state index contributed by atoms with van der Waals surface area (Å²) in [5.74, 6) is 0.934. The van der Waals surface area contributed by atoms with Crippen molar-refractivity contribution in [2.24, 2.45) is 5.73 Å². The predicted octanol–water partition coefficient (Wildman–Crippen LogP) is 4.00.